The van der Waals surface area contributed by atoms with Gasteiger partial charge in [-0.3, -0.25) is 10.1 Å². The Kier molecular flexibility index (Phi) is 6.47. The summed E-state index contributed by atoms with van der Waals surface area (Å²) in [5.41, 5.74) is 1.58. The van der Waals surface area contributed by atoms with Crippen molar-refractivity contribution in [2.24, 2.45) is 0 Å². The van der Waals surface area contributed by atoms with Crippen molar-refractivity contribution in [3.05, 3.63) is 118 Å². The first-order valence-corrected chi connectivity index (χ1v) is 11.7. The van der Waals surface area contributed by atoms with Crippen LogP contribution < -0.4 is 14.4 Å². The Bertz CT molecular complexity index is 1230. The van der Waals surface area contributed by atoms with Crippen LogP contribution in [0.15, 0.2) is 101 Å². The highest BCUT2D eigenvalue weighted by atomic mass is 31.2. The van der Waals surface area contributed by atoms with Crippen molar-refractivity contribution in [1.29, 1.82) is 0 Å². The van der Waals surface area contributed by atoms with Crippen LogP contribution in [0.3, 0.4) is 0 Å². The zero-order chi connectivity index (χ0) is 23.3. The van der Waals surface area contributed by atoms with E-state index in [0.717, 1.165) is 5.56 Å². The van der Waals surface area contributed by atoms with Gasteiger partial charge < -0.3 is 18.8 Å². The van der Waals surface area contributed by atoms with E-state index < -0.39 is 24.2 Å². The Morgan fingerprint density at radius 3 is 2.00 bits per heavy atom. The number of para-hydroxylation sites is 2. The molecule has 0 saturated heterocycles. The fraction of sp³-hybridized carbons (Fsp3) is 0.0833. The molecule has 0 saturated carbocycles. The Hall–Kier alpha value is -4.03. The molecule has 1 aromatic heterocycles. The summed E-state index contributed by atoms with van der Waals surface area (Å²) in [6.07, 6.45) is 0. The van der Waals surface area contributed by atoms with E-state index in [2.05, 4.69) is 5.32 Å². The van der Waals surface area contributed by atoms with Crippen molar-refractivity contribution in [2.75, 3.05) is 5.32 Å². The Labute approximate surface area is 190 Å². The molecule has 4 aromatic rings. The first-order valence-electron chi connectivity index (χ1n) is 10.1. The molecule has 0 amide bonds. The lowest BCUT2D eigenvalue weighted by Gasteiger charge is -2.27. The van der Waals surface area contributed by atoms with Crippen LogP contribution in [0.25, 0.3) is 0 Å². The molecule has 1 unspecified atom stereocenters. The minimum Gasteiger partial charge on any atom is -0.414 e. The molecule has 0 radical (unpaired) electrons. The molecule has 9 heteroatoms. The lowest BCUT2D eigenvalue weighted by Crippen LogP contribution is -2.18. The van der Waals surface area contributed by atoms with Gasteiger partial charge >= 0.3 is 13.5 Å². The quantitative estimate of drug-likeness (QED) is 0.162. The third kappa shape index (κ3) is 5.42. The number of hydrogen-bond donors (Lipinski definition) is 1. The van der Waals surface area contributed by atoms with Crippen LogP contribution in [0.1, 0.15) is 17.1 Å². The van der Waals surface area contributed by atoms with Gasteiger partial charge in [0.1, 0.15) is 22.2 Å². The molecular weight excluding hydrogens is 443 g/mol. The largest absolute Gasteiger partial charge is 0.460 e. The molecule has 0 aliphatic heterocycles. The van der Waals surface area contributed by atoms with Crippen LogP contribution in [0.2, 0.25) is 0 Å². The van der Waals surface area contributed by atoms with Crippen molar-refractivity contribution < 1.29 is 23.0 Å². The molecule has 168 valence electrons. The van der Waals surface area contributed by atoms with Crippen LogP contribution in [0.5, 0.6) is 11.5 Å². The lowest BCUT2D eigenvalue weighted by molar-refractivity contribution is -0.402. The second-order valence-electron chi connectivity index (χ2n) is 7.20. The van der Waals surface area contributed by atoms with Crippen molar-refractivity contribution >= 4 is 19.2 Å². The highest BCUT2D eigenvalue weighted by Gasteiger charge is 2.44. The zero-order valence-corrected chi connectivity index (χ0v) is 18.6. The Balaban J connectivity index is 1.81. The predicted octanol–water partition coefficient (Wildman–Crippen LogP) is 6.96. The molecule has 8 nitrogen and oxygen atoms in total. The van der Waals surface area contributed by atoms with Crippen molar-refractivity contribution in [2.45, 2.75) is 12.7 Å². The third-order valence-corrected chi connectivity index (χ3v) is 6.60. The number of nitrogens with one attached hydrogen (secondary N) is 1. The Morgan fingerprint density at radius 1 is 0.879 bits per heavy atom. The number of nitrogens with zero attached hydrogens (tertiary/aromatic N) is 1. The number of benzene rings is 3. The first kappa shape index (κ1) is 22.2. The van der Waals surface area contributed by atoms with Crippen LogP contribution in [0, 0.1) is 17.0 Å². The van der Waals surface area contributed by atoms with Crippen molar-refractivity contribution in [1.82, 2.24) is 0 Å². The fourth-order valence-electron chi connectivity index (χ4n) is 3.17. The highest BCUT2D eigenvalue weighted by Crippen LogP contribution is 2.60. The first-order chi connectivity index (χ1) is 15.9. The summed E-state index contributed by atoms with van der Waals surface area (Å²) in [5, 5.41) is 14.4. The number of aryl methyl sites for hydroxylation is 1. The number of furan rings is 1. The van der Waals surface area contributed by atoms with Gasteiger partial charge in [0.05, 0.1) is 6.07 Å². The van der Waals surface area contributed by atoms with Gasteiger partial charge in [-0.25, -0.2) is 4.57 Å². The van der Waals surface area contributed by atoms with Crippen LogP contribution in [-0.4, -0.2) is 4.92 Å². The smallest absolute Gasteiger partial charge is 0.414 e. The summed E-state index contributed by atoms with van der Waals surface area (Å²) in [6.45, 7) is 1.92. The van der Waals surface area contributed by atoms with E-state index in [1.807, 2.05) is 25.1 Å². The van der Waals surface area contributed by atoms with Gasteiger partial charge in [0.25, 0.3) is 0 Å². The maximum Gasteiger partial charge on any atom is 0.460 e. The van der Waals surface area contributed by atoms with Crippen LogP contribution in [-0.2, 0) is 4.57 Å². The van der Waals surface area contributed by atoms with Crippen molar-refractivity contribution in [3.8, 4) is 11.5 Å². The molecule has 3 aromatic carbocycles. The Morgan fingerprint density at radius 2 is 1.48 bits per heavy atom. The number of hydrogen-bond acceptors (Lipinski definition) is 7. The van der Waals surface area contributed by atoms with Gasteiger partial charge in [0.2, 0.25) is 5.78 Å². The van der Waals surface area contributed by atoms with E-state index in [1.54, 1.807) is 66.7 Å². The van der Waals surface area contributed by atoms with E-state index in [1.165, 1.54) is 12.1 Å². The van der Waals surface area contributed by atoms with E-state index in [9.17, 15) is 14.7 Å². The van der Waals surface area contributed by atoms with E-state index in [-0.39, 0.29) is 5.76 Å². The molecule has 0 aliphatic carbocycles. The summed E-state index contributed by atoms with van der Waals surface area (Å²) in [7, 11) is -4.12. The predicted molar refractivity (Wildman–Crippen MR) is 125 cm³/mol. The summed E-state index contributed by atoms with van der Waals surface area (Å²) < 4.78 is 31.7. The molecule has 4 rings (SSSR count). The maximum absolute atomic E-state index is 14.4. The number of anilines is 1. The third-order valence-electron chi connectivity index (χ3n) is 4.65. The van der Waals surface area contributed by atoms with Crippen molar-refractivity contribution in [3.63, 3.8) is 0 Å². The SMILES string of the molecule is Cc1cccc(NC(c2ccc([N+](=O)[O-])o2)P(=O)(Oc2ccccc2)Oc2ccccc2)c1. The van der Waals surface area contributed by atoms with E-state index in [4.69, 9.17) is 13.5 Å². The molecule has 1 N–H and O–H groups in total. The summed E-state index contributed by atoms with van der Waals surface area (Å²) >= 11 is 0. The van der Waals surface area contributed by atoms with E-state index >= 15 is 0 Å². The normalized spacial score (nSPS) is 12.0. The lowest BCUT2D eigenvalue weighted by atomic mass is 10.2. The molecule has 1 atom stereocenters. The summed E-state index contributed by atoms with van der Waals surface area (Å²) in [4.78, 5) is 10.6. The minimum absolute atomic E-state index is 0.0402. The van der Waals surface area contributed by atoms with Gasteiger partial charge in [-0.2, -0.15) is 0 Å². The zero-order valence-electron chi connectivity index (χ0n) is 17.7. The standard InChI is InChI=1S/C24H21N2O6P/c1-18-9-8-10-19(17-18)25-24(22-15-16-23(30-22)26(27)28)33(29,31-20-11-4-2-5-12-20)32-21-13-6-3-7-14-21/h2-17,24-25H,1H3. The average molecular weight is 464 g/mol. The fourth-order valence-corrected chi connectivity index (χ4v) is 5.00. The molecule has 33 heavy (non-hydrogen) atoms. The molecule has 1 heterocycles. The van der Waals surface area contributed by atoms with Gasteiger partial charge in [-0.15, -0.1) is 0 Å². The number of nitro groups is 1. The molecule has 0 spiro atoms. The molecular formula is C24H21N2O6P. The molecule has 0 fully saturated rings. The van der Waals surface area contributed by atoms with E-state index in [0.29, 0.717) is 17.2 Å². The topological polar surface area (TPSA) is 104 Å². The highest BCUT2D eigenvalue weighted by molar-refractivity contribution is 7.55. The summed E-state index contributed by atoms with van der Waals surface area (Å²) in [6, 6.07) is 27.1. The van der Waals surface area contributed by atoms with Gasteiger partial charge in [-0.05, 0) is 55.0 Å². The van der Waals surface area contributed by atoms with Gasteiger partial charge in [0.15, 0.2) is 0 Å². The maximum atomic E-state index is 14.4. The minimum atomic E-state index is -4.12. The molecule has 0 bridgehead atoms. The summed E-state index contributed by atoms with van der Waals surface area (Å²) in [5.74, 6) is -0.999. The van der Waals surface area contributed by atoms with Crippen LogP contribution in [0.4, 0.5) is 11.6 Å². The monoisotopic (exact) mass is 464 g/mol. The number of rotatable bonds is 9. The second-order valence-corrected chi connectivity index (χ2v) is 9.16. The molecule has 0 aliphatic rings. The van der Waals surface area contributed by atoms with Gasteiger partial charge in [-0.1, -0.05) is 48.5 Å². The second kappa shape index (κ2) is 9.63. The van der Waals surface area contributed by atoms with Gasteiger partial charge in [0, 0.05) is 5.69 Å². The average Bonchev–Trinajstić information content (AvgIpc) is 3.29. The van der Waals surface area contributed by atoms with Crippen LogP contribution >= 0.6 is 7.60 Å².